The van der Waals surface area contributed by atoms with Gasteiger partial charge in [0.25, 0.3) is 0 Å². The van der Waals surface area contributed by atoms with Crippen LogP contribution in [0.15, 0.2) is 29.0 Å². The van der Waals surface area contributed by atoms with Gasteiger partial charge in [0.15, 0.2) is 5.78 Å². The second-order valence-corrected chi connectivity index (χ2v) is 7.12. The number of benzene rings is 1. The van der Waals surface area contributed by atoms with E-state index >= 15 is 0 Å². The lowest BCUT2D eigenvalue weighted by Crippen LogP contribution is -1.83. The second-order valence-electron chi connectivity index (χ2n) is 4.24. The van der Waals surface area contributed by atoms with Gasteiger partial charge in [-0.1, -0.05) is 0 Å². The number of carbonyl (C=O) groups is 1. The Kier molecular flexibility index (Phi) is 2.15. The average Bonchev–Trinajstić information content (AvgIpc) is 3.06. The van der Waals surface area contributed by atoms with Crippen LogP contribution >= 0.6 is 34.0 Å². The number of fused-ring (bicyclic) bond motifs is 6. The zero-order valence-electron chi connectivity index (χ0n) is 9.52. The minimum absolute atomic E-state index is 0.156. The number of hydrogen-bond acceptors (Lipinski definition) is 4. The lowest BCUT2D eigenvalue weighted by molar-refractivity contribution is 0.102. The molecule has 0 saturated carbocycles. The molecule has 4 rings (SSSR count). The summed E-state index contributed by atoms with van der Waals surface area (Å²) in [5, 5.41) is 8.08. The Morgan fingerprint density at radius 1 is 0.944 bits per heavy atom. The number of rotatable bonds is 1. The standard InChI is InChI=1S/C14H8OS3/c1-7(15)11-6-10-8-2-4-16-13(8)14-9(3-5-17-14)12(10)18-11/h2-6H,1H3. The van der Waals surface area contributed by atoms with Crippen LogP contribution in [-0.4, -0.2) is 5.78 Å². The van der Waals surface area contributed by atoms with Crippen LogP contribution in [0.1, 0.15) is 16.6 Å². The Labute approximate surface area is 115 Å². The van der Waals surface area contributed by atoms with Gasteiger partial charge in [-0.3, -0.25) is 4.79 Å². The zero-order valence-corrected chi connectivity index (χ0v) is 12.0. The normalized spacial score (nSPS) is 11.8. The predicted octanol–water partition coefficient (Wildman–Crippen LogP) is 5.53. The zero-order chi connectivity index (χ0) is 12.3. The highest BCUT2D eigenvalue weighted by Crippen LogP contribution is 2.43. The summed E-state index contributed by atoms with van der Waals surface area (Å²) in [6.45, 7) is 1.64. The summed E-state index contributed by atoms with van der Waals surface area (Å²) in [7, 11) is 0. The molecule has 4 heteroatoms. The van der Waals surface area contributed by atoms with E-state index in [2.05, 4.69) is 29.0 Å². The number of thiophene rings is 3. The Morgan fingerprint density at radius 3 is 2.33 bits per heavy atom. The highest BCUT2D eigenvalue weighted by molar-refractivity contribution is 7.28. The van der Waals surface area contributed by atoms with E-state index in [9.17, 15) is 4.79 Å². The number of Topliss-reactive ketones (excluding diaryl/α,β-unsaturated/α-hetero) is 1. The van der Waals surface area contributed by atoms with Crippen LogP contribution in [0.2, 0.25) is 0 Å². The summed E-state index contributed by atoms with van der Waals surface area (Å²) in [5.74, 6) is 0.156. The third-order valence-corrected chi connectivity index (χ3v) is 6.41. The maximum absolute atomic E-state index is 11.6. The van der Waals surface area contributed by atoms with Crippen molar-refractivity contribution in [3.05, 3.63) is 33.8 Å². The van der Waals surface area contributed by atoms with Crippen LogP contribution in [0.5, 0.6) is 0 Å². The van der Waals surface area contributed by atoms with Gasteiger partial charge in [0.05, 0.1) is 14.3 Å². The minimum Gasteiger partial charge on any atom is -0.294 e. The Hall–Kier alpha value is -1.23. The lowest BCUT2D eigenvalue weighted by Gasteiger charge is -1.96. The molecule has 3 aromatic heterocycles. The highest BCUT2D eigenvalue weighted by Gasteiger charge is 2.14. The average molecular weight is 288 g/mol. The summed E-state index contributed by atoms with van der Waals surface area (Å²) >= 11 is 5.19. The molecule has 0 unspecified atom stereocenters. The van der Waals surface area contributed by atoms with Gasteiger partial charge in [0.2, 0.25) is 0 Å². The monoisotopic (exact) mass is 288 g/mol. The van der Waals surface area contributed by atoms with Crippen LogP contribution in [0, 0.1) is 0 Å². The van der Waals surface area contributed by atoms with E-state index in [1.165, 1.54) is 30.3 Å². The molecule has 4 aromatic rings. The third-order valence-electron chi connectivity index (χ3n) is 3.15. The molecule has 0 aliphatic carbocycles. The molecule has 0 amide bonds. The molecule has 0 aliphatic rings. The molecule has 0 atom stereocenters. The molecule has 1 aromatic carbocycles. The largest absolute Gasteiger partial charge is 0.294 e. The Balaban J connectivity index is 2.35. The van der Waals surface area contributed by atoms with Crippen molar-refractivity contribution >= 4 is 70.1 Å². The van der Waals surface area contributed by atoms with Gasteiger partial charge in [-0.05, 0) is 35.9 Å². The fraction of sp³-hybridized carbons (Fsp3) is 0.0714. The van der Waals surface area contributed by atoms with Gasteiger partial charge in [0, 0.05) is 20.9 Å². The van der Waals surface area contributed by atoms with Crippen molar-refractivity contribution in [3.63, 3.8) is 0 Å². The van der Waals surface area contributed by atoms with Gasteiger partial charge in [-0.2, -0.15) is 0 Å². The molecule has 3 heterocycles. The molecular formula is C14H8OS3. The fourth-order valence-electron chi connectivity index (χ4n) is 2.33. The Morgan fingerprint density at radius 2 is 1.61 bits per heavy atom. The van der Waals surface area contributed by atoms with E-state index in [1.54, 1.807) is 40.9 Å². The maximum Gasteiger partial charge on any atom is 0.169 e. The molecule has 0 spiro atoms. The molecule has 0 saturated heterocycles. The predicted molar refractivity (Wildman–Crippen MR) is 82.6 cm³/mol. The van der Waals surface area contributed by atoms with Crippen molar-refractivity contribution in [2.75, 3.05) is 0 Å². The SMILES string of the molecule is CC(=O)c1cc2c3ccsc3c3sccc3c2s1. The molecule has 18 heavy (non-hydrogen) atoms. The van der Waals surface area contributed by atoms with Crippen LogP contribution in [0.25, 0.3) is 30.3 Å². The first-order valence-electron chi connectivity index (χ1n) is 5.56. The van der Waals surface area contributed by atoms with E-state index in [4.69, 9.17) is 0 Å². The van der Waals surface area contributed by atoms with Crippen LogP contribution < -0.4 is 0 Å². The van der Waals surface area contributed by atoms with Crippen molar-refractivity contribution in [2.24, 2.45) is 0 Å². The first-order chi connectivity index (χ1) is 8.75. The topological polar surface area (TPSA) is 17.1 Å². The van der Waals surface area contributed by atoms with E-state index in [1.807, 2.05) is 0 Å². The number of hydrogen-bond donors (Lipinski definition) is 0. The molecular weight excluding hydrogens is 280 g/mol. The van der Waals surface area contributed by atoms with E-state index in [0.717, 1.165) is 4.88 Å². The molecule has 0 fully saturated rings. The fourth-order valence-corrected chi connectivity index (χ4v) is 5.49. The number of ketones is 1. The molecule has 1 nitrogen and oxygen atoms in total. The third kappa shape index (κ3) is 1.28. The highest BCUT2D eigenvalue weighted by atomic mass is 32.1. The molecule has 0 aliphatic heterocycles. The molecule has 0 bridgehead atoms. The van der Waals surface area contributed by atoms with E-state index in [0.29, 0.717) is 0 Å². The van der Waals surface area contributed by atoms with Crippen LogP contribution in [-0.2, 0) is 0 Å². The van der Waals surface area contributed by atoms with Crippen molar-refractivity contribution in [3.8, 4) is 0 Å². The smallest absolute Gasteiger partial charge is 0.169 e. The van der Waals surface area contributed by atoms with Crippen molar-refractivity contribution < 1.29 is 4.79 Å². The van der Waals surface area contributed by atoms with Gasteiger partial charge in [-0.15, -0.1) is 34.0 Å². The minimum atomic E-state index is 0.156. The summed E-state index contributed by atoms with van der Waals surface area (Å²) in [6, 6.07) is 6.38. The quantitative estimate of drug-likeness (QED) is 0.421. The molecule has 88 valence electrons. The van der Waals surface area contributed by atoms with Crippen molar-refractivity contribution in [2.45, 2.75) is 6.92 Å². The van der Waals surface area contributed by atoms with E-state index in [-0.39, 0.29) is 5.78 Å². The van der Waals surface area contributed by atoms with Gasteiger partial charge < -0.3 is 0 Å². The maximum atomic E-state index is 11.6. The summed E-state index contributed by atoms with van der Waals surface area (Å²) in [6.07, 6.45) is 0. The van der Waals surface area contributed by atoms with Gasteiger partial charge in [-0.25, -0.2) is 0 Å². The lowest BCUT2D eigenvalue weighted by atomic mass is 10.1. The molecule has 0 radical (unpaired) electrons. The van der Waals surface area contributed by atoms with Crippen LogP contribution in [0.4, 0.5) is 0 Å². The summed E-state index contributed by atoms with van der Waals surface area (Å²) in [4.78, 5) is 12.4. The first kappa shape index (κ1) is 10.7. The summed E-state index contributed by atoms with van der Waals surface area (Å²) < 4.78 is 3.95. The number of carbonyl (C=O) groups excluding carboxylic acids is 1. The first-order valence-corrected chi connectivity index (χ1v) is 8.14. The van der Waals surface area contributed by atoms with Crippen molar-refractivity contribution in [1.29, 1.82) is 0 Å². The second kappa shape index (κ2) is 3.63. The summed E-state index contributed by atoms with van der Waals surface area (Å²) in [5.41, 5.74) is 0. The van der Waals surface area contributed by atoms with Crippen molar-refractivity contribution in [1.82, 2.24) is 0 Å². The molecule has 0 N–H and O–H groups in total. The van der Waals surface area contributed by atoms with Crippen LogP contribution in [0.3, 0.4) is 0 Å². The van der Waals surface area contributed by atoms with E-state index < -0.39 is 0 Å². The Bertz CT molecular complexity index is 840. The van der Waals surface area contributed by atoms with Gasteiger partial charge in [0.1, 0.15) is 0 Å². The van der Waals surface area contributed by atoms with Gasteiger partial charge >= 0.3 is 0 Å².